The lowest BCUT2D eigenvalue weighted by Gasteiger charge is -2.40. The first-order valence-electron chi connectivity index (χ1n) is 7.85. The summed E-state index contributed by atoms with van der Waals surface area (Å²) in [5.74, 6) is 1.27. The van der Waals surface area contributed by atoms with Gasteiger partial charge >= 0.3 is 0 Å². The van der Waals surface area contributed by atoms with Crippen LogP contribution in [0.5, 0.6) is 0 Å². The maximum absolute atomic E-state index is 9.56. The highest BCUT2D eigenvalue weighted by Gasteiger charge is 2.62. The van der Waals surface area contributed by atoms with E-state index < -0.39 is 5.54 Å². The molecule has 3 heteroatoms. The summed E-state index contributed by atoms with van der Waals surface area (Å²) in [4.78, 5) is 0. The fraction of sp³-hybridized carbons (Fsp3) is 1.00. The molecule has 0 spiro atoms. The van der Waals surface area contributed by atoms with Crippen LogP contribution in [0.15, 0.2) is 0 Å². The molecule has 3 saturated carbocycles. The Kier molecular flexibility index (Phi) is 3.05. The number of hydrogen-bond donors (Lipinski definition) is 2. The van der Waals surface area contributed by atoms with Crippen LogP contribution in [-0.4, -0.2) is 30.0 Å². The Balaban J connectivity index is 1.66. The first-order chi connectivity index (χ1) is 8.83. The molecule has 0 aromatic rings. The van der Waals surface area contributed by atoms with Crippen LogP contribution in [0.3, 0.4) is 0 Å². The molecule has 110 valence electrons. The summed E-state index contributed by atoms with van der Waals surface area (Å²) < 4.78 is 6.25. The zero-order valence-electron chi connectivity index (χ0n) is 12.6. The summed E-state index contributed by atoms with van der Waals surface area (Å²) in [7, 11) is 0. The third-order valence-corrected chi connectivity index (χ3v) is 6.95. The monoisotopic (exact) mass is 267 g/mol. The van der Waals surface area contributed by atoms with Crippen molar-refractivity contribution < 1.29 is 9.84 Å². The average molecular weight is 267 g/mol. The third kappa shape index (κ3) is 1.89. The second-order valence-electron chi connectivity index (χ2n) is 8.08. The Bertz CT molecular complexity index is 366. The number of aliphatic hydroxyl groups excluding tert-OH is 1. The zero-order chi connectivity index (χ0) is 13.9. The quantitative estimate of drug-likeness (QED) is 0.803. The molecular weight excluding hydrogens is 238 g/mol. The Labute approximate surface area is 116 Å². The van der Waals surface area contributed by atoms with Gasteiger partial charge in [0.05, 0.1) is 24.9 Å². The molecule has 3 aliphatic rings. The van der Waals surface area contributed by atoms with Gasteiger partial charge in [0.15, 0.2) is 0 Å². The van der Waals surface area contributed by atoms with E-state index in [1.54, 1.807) is 0 Å². The number of rotatable bonds is 5. The smallest absolute Gasteiger partial charge is 0.0675 e. The molecule has 0 radical (unpaired) electrons. The number of nitrogens with two attached hydrogens (primary N) is 1. The summed E-state index contributed by atoms with van der Waals surface area (Å²) in [6, 6.07) is 0. The summed E-state index contributed by atoms with van der Waals surface area (Å²) in [6.07, 6.45) is 6.42. The van der Waals surface area contributed by atoms with Crippen LogP contribution in [0, 0.1) is 22.7 Å². The minimum absolute atomic E-state index is 0.0495. The van der Waals surface area contributed by atoms with Crippen LogP contribution in [0.2, 0.25) is 0 Å². The molecule has 0 saturated heterocycles. The minimum atomic E-state index is -0.498. The Morgan fingerprint density at radius 1 is 1.26 bits per heavy atom. The second kappa shape index (κ2) is 4.19. The molecule has 3 fully saturated rings. The van der Waals surface area contributed by atoms with Crippen molar-refractivity contribution in [2.45, 2.75) is 64.5 Å². The van der Waals surface area contributed by atoms with Crippen molar-refractivity contribution in [3.63, 3.8) is 0 Å². The van der Waals surface area contributed by atoms with Crippen molar-refractivity contribution in [1.82, 2.24) is 0 Å². The highest BCUT2D eigenvalue weighted by atomic mass is 16.5. The lowest BCUT2D eigenvalue weighted by atomic mass is 9.70. The lowest BCUT2D eigenvalue weighted by molar-refractivity contribution is -0.0725. The van der Waals surface area contributed by atoms with Crippen molar-refractivity contribution in [3.05, 3.63) is 0 Å². The Morgan fingerprint density at radius 3 is 2.37 bits per heavy atom. The maximum atomic E-state index is 9.56. The number of hydrogen-bond acceptors (Lipinski definition) is 3. The molecule has 4 unspecified atom stereocenters. The van der Waals surface area contributed by atoms with Gasteiger partial charge in [-0.05, 0) is 54.8 Å². The summed E-state index contributed by atoms with van der Waals surface area (Å²) >= 11 is 0. The van der Waals surface area contributed by atoms with Gasteiger partial charge in [-0.1, -0.05) is 20.8 Å². The van der Waals surface area contributed by atoms with Gasteiger partial charge in [-0.15, -0.1) is 0 Å². The molecule has 3 aliphatic carbocycles. The molecule has 0 aromatic heterocycles. The highest BCUT2D eigenvalue weighted by molar-refractivity contribution is 5.11. The van der Waals surface area contributed by atoms with Gasteiger partial charge in [0, 0.05) is 0 Å². The minimum Gasteiger partial charge on any atom is -0.394 e. The van der Waals surface area contributed by atoms with Gasteiger partial charge in [0.2, 0.25) is 0 Å². The zero-order valence-corrected chi connectivity index (χ0v) is 12.6. The molecule has 0 aromatic carbocycles. The van der Waals surface area contributed by atoms with Crippen molar-refractivity contribution in [3.8, 4) is 0 Å². The van der Waals surface area contributed by atoms with E-state index in [9.17, 15) is 5.11 Å². The van der Waals surface area contributed by atoms with Crippen LogP contribution in [0.1, 0.15) is 52.9 Å². The second-order valence-corrected chi connectivity index (χ2v) is 8.08. The normalized spacial score (nSPS) is 43.4. The van der Waals surface area contributed by atoms with Gasteiger partial charge in [-0.3, -0.25) is 0 Å². The first-order valence-corrected chi connectivity index (χ1v) is 7.85. The highest BCUT2D eigenvalue weighted by Crippen LogP contribution is 2.66. The predicted molar refractivity (Wildman–Crippen MR) is 75.7 cm³/mol. The fourth-order valence-corrected chi connectivity index (χ4v) is 4.59. The van der Waals surface area contributed by atoms with Gasteiger partial charge in [0.25, 0.3) is 0 Å². The van der Waals surface area contributed by atoms with E-state index >= 15 is 0 Å². The largest absolute Gasteiger partial charge is 0.394 e. The summed E-state index contributed by atoms with van der Waals surface area (Å²) in [5.41, 5.74) is 6.49. The van der Waals surface area contributed by atoms with Gasteiger partial charge < -0.3 is 15.6 Å². The van der Waals surface area contributed by atoms with E-state index in [-0.39, 0.29) is 12.0 Å². The lowest BCUT2D eigenvalue weighted by Crippen LogP contribution is -2.52. The van der Waals surface area contributed by atoms with E-state index in [1.165, 1.54) is 19.3 Å². The predicted octanol–water partition coefficient (Wildman–Crippen LogP) is 2.32. The molecule has 0 heterocycles. The van der Waals surface area contributed by atoms with E-state index in [1.807, 2.05) is 0 Å². The van der Waals surface area contributed by atoms with Gasteiger partial charge in [-0.25, -0.2) is 0 Å². The standard InChI is InChI=1S/C16H29NO2/c1-14(2)12-6-7-15(14,3)13(8-12)19-10-16(17,9-18)11-4-5-11/h11-13,18H,4-10,17H2,1-3H3. The number of aliphatic hydroxyl groups is 1. The van der Waals surface area contributed by atoms with E-state index in [0.717, 1.165) is 18.8 Å². The van der Waals surface area contributed by atoms with E-state index in [2.05, 4.69) is 20.8 Å². The molecule has 19 heavy (non-hydrogen) atoms. The van der Waals surface area contributed by atoms with Crippen molar-refractivity contribution in [1.29, 1.82) is 0 Å². The summed E-state index contributed by atoms with van der Waals surface area (Å²) in [6.45, 7) is 7.76. The molecule has 4 atom stereocenters. The molecule has 3 N–H and O–H groups in total. The third-order valence-electron chi connectivity index (χ3n) is 6.95. The van der Waals surface area contributed by atoms with Crippen molar-refractivity contribution in [2.75, 3.05) is 13.2 Å². The first kappa shape index (κ1) is 13.8. The maximum Gasteiger partial charge on any atom is 0.0675 e. The number of ether oxygens (including phenoxy) is 1. The van der Waals surface area contributed by atoms with Crippen LogP contribution in [-0.2, 0) is 4.74 Å². The van der Waals surface area contributed by atoms with Crippen LogP contribution in [0.4, 0.5) is 0 Å². The van der Waals surface area contributed by atoms with Crippen molar-refractivity contribution >= 4 is 0 Å². The molecule has 3 nitrogen and oxygen atoms in total. The van der Waals surface area contributed by atoms with Crippen LogP contribution in [0.25, 0.3) is 0 Å². The Hall–Kier alpha value is -0.120. The van der Waals surface area contributed by atoms with Crippen molar-refractivity contribution in [2.24, 2.45) is 28.4 Å². The van der Waals surface area contributed by atoms with Crippen LogP contribution >= 0.6 is 0 Å². The molecule has 0 aliphatic heterocycles. The molecule has 0 amide bonds. The molecule has 2 bridgehead atoms. The summed E-state index contributed by atoms with van der Waals surface area (Å²) in [5, 5.41) is 9.56. The molecular formula is C16H29NO2. The Morgan fingerprint density at radius 2 is 1.95 bits per heavy atom. The SMILES string of the molecule is CC1(C)C2CCC1(C)C(OCC(N)(CO)C1CC1)C2. The van der Waals surface area contributed by atoms with Gasteiger partial charge in [0.1, 0.15) is 0 Å². The molecule has 3 rings (SSSR count). The van der Waals surface area contributed by atoms with E-state index in [4.69, 9.17) is 10.5 Å². The van der Waals surface area contributed by atoms with Gasteiger partial charge in [-0.2, -0.15) is 0 Å². The van der Waals surface area contributed by atoms with Crippen LogP contribution < -0.4 is 5.73 Å². The number of fused-ring (bicyclic) bond motifs is 2. The topological polar surface area (TPSA) is 55.5 Å². The van der Waals surface area contributed by atoms with E-state index in [0.29, 0.717) is 24.0 Å². The average Bonchev–Trinajstić information content (AvgIpc) is 3.16. The fourth-order valence-electron chi connectivity index (χ4n) is 4.59.